The molecule has 0 spiro atoms. The van der Waals surface area contributed by atoms with E-state index in [-0.39, 0.29) is 6.61 Å². The Morgan fingerprint density at radius 1 is 1.38 bits per heavy atom. The van der Waals surface area contributed by atoms with Gasteiger partial charge in [0.15, 0.2) is 0 Å². The van der Waals surface area contributed by atoms with Crippen LogP contribution in [-0.4, -0.2) is 11.7 Å². The van der Waals surface area contributed by atoms with E-state index in [1.165, 1.54) is 31.3 Å². The van der Waals surface area contributed by atoms with Crippen molar-refractivity contribution in [1.82, 2.24) is 0 Å². The minimum absolute atomic E-state index is 0.253. The van der Waals surface area contributed by atoms with Crippen LogP contribution in [0.5, 0.6) is 0 Å². The molecule has 13 heavy (non-hydrogen) atoms. The van der Waals surface area contributed by atoms with E-state index in [1.54, 1.807) is 0 Å². The Balaban J connectivity index is 3.62. The van der Waals surface area contributed by atoms with Gasteiger partial charge in [-0.25, -0.2) is 0 Å². The molecule has 1 unspecified atom stereocenters. The molecule has 1 heteroatoms. The number of hydrogen-bond acceptors (Lipinski definition) is 1. The van der Waals surface area contributed by atoms with Crippen molar-refractivity contribution in [2.75, 3.05) is 6.61 Å². The van der Waals surface area contributed by atoms with Gasteiger partial charge in [-0.15, -0.1) is 0 Å². The maximum absolute atomic E-state index is 8.74. The van der Waals surface area contributed by atoms with Crippen LogP contribution in [0.1, 0.15) is 52.4 Å². The number of aliphatic hydroxyl groups excluding tert-OH is 1. The first-order chi connectivity index (χ1) is 6.24. The second kappa shape index (κ2) is 8.31. The predicted molar refractivity (Wildman–Crippen MR) is 58.8 cm³/mol. The van der Waals surface area contributed by atoms with E-state index in [0.29, 0.717) is 0 Å². The van der Waals surface area contributed by atoms with Gasteiger partial charge in [0.2, 0.25) is 0 Å². The summed E-state index contributed by atoms with van der Waals surface area (Å²) in [6.07, 6.45) is 7.05. The summed E-state index contributed by atoms with van der Waals surface area (Å²) >= 11 is 0. The van der Waals surface area contributed by atoms with Crippen molar-refractivity contribution in [3.8, 4) is 0 Å². The minimum Gasteiger partial charge on any atom is -0.396 e. The number of aliphatic hydroxyl groups is 1. The van der Waals surface area contributed by atoms with Crippen molar-refractivity contribution in [2.24, 2.45) is 5.92 Å². The number of hydrogen-bond donors (Lipinski definition) is 1. The molecule has 1 nitrogen and oxygen atoms in total. The van der Waals surface area contributed by atoms with Crippen molar-refractivity contribution in [3.63, 3.8) is 0 Å². The van der Waals surface area contributed by atoms with Gasteiger partial charge < -0.3 is 5.11 Å². The monoisotopic (exact) mass is 184 g/mol. The molecule has 0 bridgehead atoms. The summed E-state index contributed by atoms with van der Waals surface area (Å²) in [7, 11) is 0. The summed E-state index contributed by atoms with van der Waals surface area (Å²) in [5, 5.41) is 8.74. The molecule has 1 N–H and O–H groups in total. The topological polar surface area (TPSA) is 20.2 Å². The normalized spacial score (nSPS) is 12.8. The van der Waals surface area contributed by atoms with E-state index >= 15 is 0 Å². The van der Waals surface area contributed by atoms with Crippen LogP contribution in [-0.2, 0) is 0 Å². The van der Waals surface area contributed by atoms with Gasteiger partial charge in [-0.05, 0) is 18.8 Å². The third kappa shape index (κ3) is 6.83. The maximum Gasteiger partial charge on any atom is 0.0468 e. The Hall–Kier alpha value is -0.300. The molecule has 0 aromatic rings. The SMILES string of the molecule is C=C(CCO)CC(CC)CCCC. The van der Waals surface area contributed by atoms with E-state index in [2.05, 4.69) is 20.4 Å². The highest BCUT2D eigenvalue weighted by Gasteiger charge is 2.06. The quantitative estimate of drug-likeness (QED) is 0.572. The molecule has 1 atom stereocenters. The van der Waals surface area contributed by atoms with E-state index < -0.39 is 0 Å². The molecule has 0 radical (unpaired) electrons. The van der Waals surface area contributed by atoms with Crippen molar-refractivity contribution < 1.29 is 5.11 Å². The lowest BCUT2D eigenvalue weighted by atomic mass is 9.91. The van der Waals surface area contributed by atoms with Crippen molar-refractivity contribution >= 4 is 0 Å². The molecule has 0 saturated carbocycles. The van der Waals surface area contributed by atoms with Gasteiger partial charge in [-0.1, -0.05) is 51.7 Å². The van der Waals surface area contributed by atoms with Crippen LogP contribution < -0.4 is 0 Å². The molecular weight excluding hydrogens is 160 g/mol. The summed E-state index contributed by atoms with van der Waals surface area (Å²) in [4.78, 5) is 0. The fourth-order valence-electron chi connectivity index (χ4n) is 1.61. The standard InChI is InChI=1S/C12H24O/c1-4-6-7-12(5-2)10-11(3)8-9-13/h12-13H,3-10H2,1-2H3. The molecule has 0 fully saturated rings. The summed E-state index contributed by atoms with van der Waals surface area (Å²) in [5.41, 5.74) is 1.21. The second-order valence-corrected chi connectivity index (χ2v) is 3.84. The van der Waals surface area contributed by atoms with Gasteiger partial charge >= 0.3 is 0 Å². The Morgan fingerprint density at radius 3 is 2.54 bits per heavy atom. The fraction of sp³-hybridized carbons (Fsp3) is 0.833. The molecule has 0 aliphatic heterocycles. The summed E-state index contributed by atoms with van der Waals surface area (Å²) in [6, 6.07) is 0. The number of unbranched alkanes of at least 4 members (excludes halogenated alkanes) is 1. The third-order valence-electron chi connectivity index (χ3n) is 2.59. The second-order valence-electron chi connectivity index (χ2n) is 3.84. The summed E-state index contributed by atoms with van der Waals surface area (Å²) in [5.74, 6) is 0.791. The highest BCUT2D eigenvalue weighted by molar-refractivity contribution is 4.95. The fourth-order valence-corrected chi connectivity index (χ4v) is 1.61. The predicted octanol–water partition coefficient (Wildman–Crippen LogP) is 3.53. The lowest BCUT2D eigenvalue weighted by molar-refractivity contribution is 0.295. The zero-order valence-corrected chi connectivity index (χ0v) is 9.18. The van der Waals surface area contributed by atoms with Gasteiger partial charge in [-0.3, -0.25) is 0 Å². The smallest absolute Gasteiger partial charge is 0.0468 e. The van der Waals surface area contributed by atoms with Crippen molar-refractivity contribution in [2.45, 2.75) is 52.4 Å². The van der Waals surface area contributed by atoms with Crippen LogP contribution in [0.15, 0.2) is 12.2 Å². The highest BCUT2D eigenvalue weighted by atomic mass is 16.2. The van der Waals surface area contributed by atoms with Crippen LogP contribution in [0, 0.1) is 5.92 Å². The Bertz CT molecular complexity index is 129. The largest absolute Gasteiger partial charge is 0.396 e. The molecule has 0 rings (SSSR count). The number of rotatable bonds is 8. The molecule has 0 aromatic carbocycles. The zero-order valence-electron chi connectivity index (χ0n) is 9.18. The zero-order chi connectivity index (χ0) is 10.1. The van der Waals surface area contributed by atoms with E-state index in [1.807, 2.05) is 0 Å². The van der Waals surface area contributed by atoms with Crippen molar-refractivity contribution in [3.05, 3.63) is 12.2 Å². The van der Waals surface area contributed by atoms with Gasteiger partial charge in [0.25, 0.3) is 0 Å². The van der Waals surface area contributed by atoms with Crippen LogP contribution in [0.25, 0.3) is 0 Å². The lowest BCUT2D eigenvalue weighted by Crippen LogP contribution is -2.01. The molecule has 78 valence electrons. The van der Waals surface area contributed by atoms with Gasteiger partial charge in [0, 0.05) is 6.61 Å². The van der Waals surface area contributed by atoms with Crippen molar-refractivity contribution in [1.29, 1.82) is 0 Å². The molecule has 0 heterocycles. The van der Waals surface area contributed by atoms with Crippen LogP contribution in [0.3, 0.4) is 0 Å². The average Bonchev–Trinajstić information content (AvgIpc) is 2.12. The van der Waals surface area contributed by atoms with Crippen LogP contribution in [0.2, 0.25) is 0 Å². The first-order valence-electron chi connectivity index (χ1n) is 5.52. The van der Waals surface area contributed by atoms with Crippen LogP contribution >= 0.6 is 0 Å². The molecule has 0 aliphatic carbocycles. The average molecular weight is 184 g/mol. The molecule has 0 saturated heterocycles. The van der Waals surface area contributed by atoms with E-state index in [0.717, 1.165) is 18.8 Å². The lowest BCUT2D eigenvalue weighted by Gasteiger charge is -2.15. The molecular formula is C12H24O. The Morgan fingerprint density at radius 2 is 2.08 bits per heavy atom. The Labute approximate surface area is 82.9 Å². The minimum atomic E-state index is 0.253. The molecule has 0 aliphatic rings. The Kier molecular flexibility index (Phi) is 8.11. The molecule has 0 aromatic heterocycles. The van der Waals surface area contributed by atoms with Gasteiger partial charge in [0.1, 0.15) is 0 Å². The summed E-state index contributed by atoms with van der Waals surface area (Å²) in [6.45, 7) is 8.71. The first-order valence-corrected chi connectivity index (χ1v) is 5.52. The molecule has 0 amide bonds. The summed E-state index contributed by atoms with van der Waals surface area (Å²) < 4.78 is 0. The third-order valence-corrected chi connectivity index (χ3v) is 2.59. The maximum atomic E-state index is 8.74. The van der Waals surface area contributed by atoms with Gasteiger partial charge in [0.05, 0.1) is 0 Å². The first kappa shape index (κ1) is 12.7. The van der Waals surface area contributed by atoms with Crippen LogP contribution in [0.4, 0.5) is 0 Å². The van der Waals surface area contributed by atoms with E-state index in [4.69, 9.17) is 5.11 Å². The van der Waals surface area contributed by atoms with Gasteiger partial charge in [-0.2, -0.15) is 0 Å². The highest BCUT2D eigenvalue weighted by Crippen LogP contribution is 2.21. The van der Waals surface area contributed by atoms with E-state index in [9.17, 15) is 0 Å².